The van der Waals surface area contributed by atoms with E-state index in [4.69, 9.17) is 4.74 Å². The Morgan fingerprint density at radius 3 is 2.54 bits per heavy atom. The van der Waals surface area contributed by atoms with E-state index in [1.165, 1.54) is 17.0 Å². The summed E-state index contributed by atoms with van der Waals surface area (Å²) in [6, 6.07) is 4.73. The number of ether oxygens (including phenoxy) is 1. The van der Waals surface area contributed by atoms with E-state index in [1.54, 1.807) is 11.8 Å². The van der Waals surface area contributed by atoms with Crippen LogP contribution in [0.3, 0.4) is 0 Å². The molecule has 0 N–H and O–H groups in total. The minimum Gasteiger partial charge on any atom is -0.370 e. The molecule has 5 nitrogen and oxygen atoms in total. The van der Waals surface area contributed by atoms with Gasteiger partial charge < -0.3 is 14.5 Å². The molecular formula is C18H21F3N2O3. The van der Waals surface area contributed by atoms with E-state index in [2.05, 4.69) is 6.58 Å². The number of alkyl halides is 3. The smallest absolute Gasteiger partial charge is 0.370 e. The second-order valence-electron chi connectivity index (χ2n) is 5.88. The monoisotopic (exact) mass is 370 g/mol. The first kappa shape index (κ1) is 20.0. The third-order valence-corrected chi connectivity index (χ3v) is 4.22. The minimum atomic E-state index is -4.39. The van der Waals surface area contributed by atoms with Gasteiger partial charge in [-0.25, -0.2) is 0 Å². The first-order valence-corrected chi connectivity index (χ1v) is 8.24. The standard InChI is InChI=1S/C18H21F3N2O3/c1-3-16(24)22(4-2)12-17(25)23-9-10-26-15(11-23)13-5-7-14(8-6-13)18(19,20)21/h3,5-8,15H,1,4,9-12H2,2H3. The topological polar surface area (TPSA) is 49.9 Å². The molecule has 2 rings (SSSR count). The molecule has 1 fully saturated rings. The third-order valence-electron chi connectivity index (χ3n) is 4.22. The largest absolute Gasteiger partial charge is 0.416 e. The van der Waals surface area contributed by atoms with Crippen LogP contribution in [0.15, 0.2) is 36.9 Å². The number of hydrogen-bond acceptors (Lipinski definition) is 3. The quantitative estimate of drug-likeness (QED) is 0.749. The van der Waals surface area contributed by atoms with Crippen molar-refractivity contribution in [3.05, 3.63) is 48.0 Å². The van der Waals surface area contributed by atoms with Gasteiger partial charge in [-0.05, 0) is 30.7 Å². The van der Waals surface area contributed by atoms with E-state index < -0.39 is 17.8 Å². The molecule has 1 aromatic carbocycles. The Bertz CT molecular complexity index is 659. The van der Waals surface area contributed by atoms with Crippen LogP contribution in [0.2, 0.25) is 0 Å². The second-order valence-corrected chi connectivity index (χ2v) is 5.88. The van der Waals surface area contributed by atoms with E-state index in [0.29, 0.717) is 18.7 Å². The van der Waals surface area contributed by atoms with Crippen LogP contribution in [-0.2, 0) is 20.5 Å². The first-order chi connectivity index (χ1) is 12.3. The van der Waals surface area contributed by atoms with Gasteiger partial charge in [0.05, 0.1) is 25.3 Å². The number of carbonyl (C=O) groups is 2. The second kappa shape index (κ2) is 8.35. The van der Waals surface area contributed by atoms with Gasteiger partial charge >= 0.3 is 6.18 Å². The molecule has 0 aromatic heterocycles. The van der Waals surface area contributed by atoms with Crippen molar-refractivity contribution in [2.75, 3.05) is 32.8 Å². The van der Waals surface area contributed by atoms with Crippen LogP contribution < -0.4 is 0 Å². The Labute approximate surface area is 150 Å². The highest BCUT2D eigenvalue weighted by atomic mass is 19.4. The molecule has 0 aliphatic carbocycles. The number of nitrogens with zero attached hydrogens (tertiary/aromatic N) is 2. The molecule has 1 unspecified atom stereocenters. The number of likely N-dealkylation sites (N-methyl/N-ethyl adjacent to an activating group) is 1. The van der Waals surface area contributed by atoms with Crippen LogP contribution >= 0.6 is 0 Å². The molecule has 1 atom stereocenters. The molecule has 1 aliphatic rings. The minimum absolute atomic E-state index is 0.0684. The van der Waals surface area contributed by atoms with Crippen LogP contribution in [0.25, 0.3) is 0 Å². The number of rotatable bonds is 5. The lowest BCUT2D eigenvalue weighted by atomic mass is 10.1. The highest BCUT2D eigenvalue weighted by Crippen LogP contribution is 2.31. The van der Waals surface area contributed by atoms with Gasteiger partial charge in [0.2, 0.25) is 11.8 Å². The van der Waals surface area contributed by atoms with Gasteiger partial charge in [0.1, 0.15) is 6.10 Å². The normalized spacial score (nSPS) is 17.7. The van der Waals surface area contributed by atoms with Gasteiger partial charge in [-0.2, -0.15) is 13.2 Å². The van der Waals surface area contributed by atoms with Gasteiger partial charge in [-0.15, -0.1) is 0 Å². The molecular weight excluding hydrogens is 349 g/mol. The number of halogens is 3. The highest BCUT2D eigenvalue weighted by molar-refractivity contribution is 5.90. The number of carbonyl (C=O) groups excluding carboxylic acids is 2. The van der Waals surface area contributed by atoms with Crippen molar-refractivity contribution in [1.29, 1.82) is 0 Å². The predicted molar refractivity (Wildman–Crippen MR) is 89.2 cm³/mol. The first-order valence-electron chi connectivity index (χ1n) is 8.24. The Morgan fingerprint density at radius 1 is 1.35 bits per heavy atom. The molecule has 1 aromatic rings. The Kier molecular flexibility index (Phi) is 6.42. The van der Waals surface area contributed by atoms with Crippen molar-refractivity contribution >= 4 is 11.8 Å². The molecule has 0 radical (unpaired) electrons. The Balaban J connectivity index is 2.03. The van der Waals surface area contributed by atoms with E-state index in [0.717, 1.165) is 18.2 Å². The average molecular weight is 370 g/mol. The summed E-state index contributed by atoms with van der Waals surface area (Å²) in [5.74, 6) is -0.560. The molecule has 1 aliphatic heterocycles. The number of benzene rings is 1. The summed E-state index contributed by atoms with van der Waals surface area (Å²) >= 11 is 0. The van der Waals surface area contributed by atoms with Gasteiger partial charge in [0.15, 0.2) is 0 Å². The summed E-state index contributed by atoms with van der Waals surface area (Å²) in [6.45, 7) is 6.36. The molecule has 2 amide bonds. The zero-order chi connectivity index (χ0) is 19.3. The zero-order valence-electron chi connectivity index (χ0n) is 14.5. The Hall–Kier alpha value is -2.35. The highest BCUT2D eigenvalue weighted by Gasteiger charge is 2.31. The fourth-order valence-corrected chi connectivity index (χ4v) is 2.70. The summed E-state index contributed by atoms with van der Waals surface area (Å²) in [6.07, 6.45) is -3.74. The molecule has 0 spiro atoms. The number of amides is 2. The molecule has 1 saturated heterocycles. The van der Waals surface area contributed by atoms with E-state index >= 15 is 0 Å². The molecule has 0 saturated carbocycles. The van der Waals surface area contributed by atoms with Crippen molar-refractivity contribution in [1.82, 2.24) is 9.80 Å². The summed E-state index contributed by atoms with van der Waals surface area (Å²) in [7, 11) is 0. The van der Waals surface area contributed by atoms with Gasteiger partial charge in [0, 0.05) is 13.1 Å². The van der Waals surface area contributed by atoms with Crippen LogP contribution in [0, 0.1) is 0 Å². The summed E-state index contributed by atoms with van der Waals surface area (Å²) in [5.41, 5.74) is -0.156. The van der Waals surface area contributed by atoms with Crippen molar-refractivity contribution < 1.29 is 27.5 Å². The van der Waals surface area contributed by atoms with Crippen molar-refractivity contribution in [2.45, 2.75) is 19.2 Å². The SMILES string of the molecule is C=CC(=O)N(CC)CC(=O)N1CCOC(c2ccc(C(F)(F)F)cc2)C1. The van der Waals surface area contributed by atoms with E-state index in [9.17, 15) is 22.8 Å². The van der Waals surface area contributed by atoms with Gasteiger partial charge in [-0.1, -0.05) is 18.7 Å². The lowest BCUT2D eigenvalue weighted by Crippen LogP contribution is -2.47. The molecule has 1 heterocycles. The molecule has 26 heavy (non-hydrogen) atoms. The lowest BCUT2D eigenvalue weighted by molar-refractivity contribution is -0.143. The summed E-state index contributed by atoms with van der Waals surface area (Å²) in [5, 5.41) is 0. The maximum atomic E-state index is 12.7. The average Bonchev–Trinajstić information content (AvgIpc) is 2.64. The lowest BCUT2D eigenvalue weighted by Gasteiger charge is -2.34. The third kappa shape index (κ3) is 4.85. The molecule has 0 bridgehead atoms. The maximum absolute atomic E-state index is 12.7. The van der Waals surface area contributed by atoms with Crippen LogP contribution in [0.1, 0.15) is 24.2 Å². The zero-order valence-corrected chi connectivity index (χ0v) is 14.5. The maximum Gasteiger partial charge on any atom is 0.416 e. The number of morpholine rings is 1. The summed E-state index contributed by atoms with van der Waals surface area (Å²) in [4.78, 5) is 27.1. The van der Waals surface area contributed by atoms with E-state index in [1.807, 2.05) is 0 Å². The van der Waals surface area contributed by atoms with Crippen LogP contribution in [0.5, 0.6) is 0 Å². The van der Waals surface area contributed by atoms with Gasteiger partial charge in [0.25, 0.3) is 0 Å². The van der Waals surface area contributed by atoms with Gasteiger partial charge in [-0.3, -0.25) is 9.59 Å². The summed E-state index contributed by atoms with van der Waals surface area (Å²) < 4.78 is 43.6. The van der Waals surface area contributed by atoms with Crippen molar-refractivity contribution in [3.63, 3.8) is 0 Å². The van der Waals surface area contributed by atoms with Crippen LogP contribution in [-0.4, -0.2) is 54.4 Å². The number of hydrogen-bond donors (Lipinski definition) is 0. The fourth-order valence-electron chi connectivity index (χ4n) is 2.70. The van der Waals surface area contributed by atoms with E-state index in [-0.39, 0.29) is 31.5 Å². The predicted octanol–water partition coefficient (Wildman–Crippen LogP) is 2.64. The van der Waals surface area contributed by atoms with Crippen LogP contribution in [0.4, 0.5) is 13.2 Å². The van der Waals surface area contributed by atoms with Crippen molar-refractivity contribution in [3.8, 4) is 0 Å². The van der Waals surface area contributed by atoms with Crippen molar-refractivity contribution in [2.24, 2.45) is 0 Å². The molecule has 142 valence electrons. The fraction of sp³-hybridized carbons (Fsp3) is 0.444. The Morgan fingerprint density at radius 2 is 2.00 bits per heavy atom. The molecule has 8 heteroatoms.